The van der Waals surface area contributed by atoms with Crippen LogP contribution in [0.4, 0.5) is 0 Å². The highest BCUT2D eigenvalue weighted by Crippen LogP contribution is 2.25. The summed E-state index contributed by atoms with van der Waals surface area (Å²) >= 11 is 0. The van der Waals surface area contributed by atoms with Crippen LogP contribution >= 0.6 is 0 Å². The summed E-state index contributed by atoms with van der Waals surface area (Å²) in [7, 11) is 0. The van der Waals surface area contributed by atoms with Crippen molar-refractivity contribution in [2.75, 3.05) is 0 Å². The molecule has 1 aliphatic rings. The third kappa shape index (κ3) is 1.81. The average molecular weight is 164 g/mol. The molecule has 0 aromatic carbocycles. The normalized spacial score (nSPS) is 28.9. The smallest absolute Gasteiger partial charge is 0.0997 e. The molecule has 12 heavy (non-hydrogen) atoms. The molecule has 0 N–H and O–H groups in total. The molecule has 0 saturated carbocycles. The first-order valence-electron chi connectivity index (χ1n) is 4.33. The van der Waals surface area contributed by atoms with Crippen molar-refractivity contribution >= 4 is 0 Å². The minimum absolute atomic E-state index is 0.131. The van der Waals surface area contributed by atoms with Crippen molar-refractivity contribution in [2.45, 2.75) is 33.2 Å². The molecule has 0 fully saturated rings. The highest BCUT2D eigenvalue weighted by Gasteiger charge is 2.25. The standard InChI is InChI=1S/C10H16N2/c1-8(2)10(4)7-5-6-9(3)11-12-10/h5-8H,1-4H3. The van der Waals surface area contributed by atoms with Gasteiger partial charge in [0.25, 0.3) is 0 Å². The van der Waals surface area contributed by atoms with Gasteiger partial charge in [0.1, 0.15) is 0 Å². The Labute approximate surface area is 74.1 Å². The first-order valence-corrected chi connectivity index (χ1v) is 4.33. The van der Waals surface area contributed by atoms with E-state index in [1.54, 1.807) is 0 Å². The van der Waals surface area contributed by atoms with Crippen molar-refractivity contribution in [3.63, 3.8) is 0 Å². The minimum Gasteiger partial charge on any atom is -0.178 e. The quantitative estimate of drug-likeness (QED) is 0.568. The van der Waals surface area contributed by atoms with Gasteiger partial charge in [-0.05, 0) is 25.8 Å². The van der Waals surface area contributed by atoms with Crippen molar-refractivity contribution in [1.82, 2.24) is 0 Å². The van der Waals surface area contributed by atoms with Gasteiger partial charge in [-0.2, -0.15) is 10.2 Å². The molecule has 1 aliphatic heterocycles. The Morgan fingerprint density at radius 1 is 1.42 bits per heavy atom. The van der Waals surface area contributed by atoms with Crippen molar-refractivity contribution in [2.24, 2.45) is 16.1 Å². The number of allylic oxidation sites excluding steroid dienone is 3. The van der Waals surface area contributed by atoms with Crippen LogP contribution in [0.25, 0.3) is 0 Å². The number of azo groups is 1. The van der Waals surface area contributed by atoms with Gasteiger partial charge in [-0.3, -0.25) is 0 Å². The first kappa shape index (κ1) is 9.17. The fourth-order valence-electron chi connectivity index (χ4n) is 0.943. The number of nitrogens with zero attached hydrogens (tertiary/aromatic N) is 2. The number of hydrogen-bond acceptors (Lipinski definition) is 2. The van der Waals surface area contributed by atoms with E-state index < -0.39 is 0 Å². The summed E-state index contributed by atoms with van der Waals surface area (Å²) < 4.78 is 0. The Morgan fingerprint density at radius 2 is 2.08 bits per heavy atom. The molecule has 0 spiro atoms. The fraction of sp³-hybridized carbons (Fsp3) is 0.600. The summed E-state index contributed by atoms with van der Waals surface area (Å²) in [6.45, 7) is 8.37. The fourth-order valence-corrected chi connectivity index (χ4v) is 0.943. The third-order valence-corrected chi connectivity index (χ3v) is 2.36. The predicted octanol–water partition coefficient (Wildman–Crippen LogP) is 3.33. The predicted molar refractivity (Wildman–Crippen MR) is 51.0 cm³/mol. The highest BCUT2D eigenvalue weighted by atomic mass is 15.2. The van der Waals surface area contributed by atoms with Crippen LogP contribution in [0.5, 0.6) is 0 Å². The lowest BCUT2D eigenvalue weighted by atomic mass is 9.89. The van der Waals surface area contributed by atoms with Crippen LogP contribution in [0.2, 0.25) is 0 Å². The van der Waals surface area contributed by atoms with Crippen molar-refractivity contribution < 1.29 is 0 Å². The topological polar surface area (TPSA) is 24.7 Å². The molecule has 0 amide bonds. The minimum atomic E-state index is -0.131. The number of rotatable bonds is 1. The zero-order valence-electron chi connectivity index (χ0n) is 8.20. The molecule has 0 radical (unpaired) electrons. The van der Waals surface area contributed by atoms with Gasteiger partial charge in [0.15, 0.2) is 0 Å². The monoisotopic (exact) mass is 164 g/mol. The summed E-state index contributed by atoms with van der Waals surface area (Å²) in [5.74, 6) is 0.483. The SMILES string of the molecule is CC1=CC=CC(C)(C(C)C)N=N1. The van der Waals surface area contributed by atoms with Crippen LogP contribution in [0.1, 0.15) is 27.7 Å². The molecule has 66 valence electrons. The van der Waals surface area contributed by atoms with E-state index in [1.807, 2.05) is 19.1 Å². The molecule has 0 bridgehead atoms. The maximum Gasteiger partial charge on any atom is 0.0997 e. The molecule has 0 aliphatic carbocycles. The second-order valence-corrected chi connectivity index (χ2v) is 3.75. The van der Waals surface area contributed by atoms with E-state index in [0.717, 1.165) is 5.70 Å². The lowest BCUT2D eigenvalue weighted by Crippen LogP contribution is -2.25. The zero-order chi connectivity index (χ0) is 9.19. The Kier molecular flexibility index (Phi) is 2.46. The molecular formula is C10H16N2. The van der Waals surface area contributed by atoms with Crippen LogP contribution in [-0.2, 0) is 0 Å². The maximum absolute atomic E-state index is 4.31. The largest absolute Gasteiger partial charge is 0.178 e. The van der Waals surface area contributed by atoms with Crippen molar-refractivity contribution in [3.8, 4) is 0 Å². The van der Waals surface area contributed by atoms with E-state index in [2.05, 4.69) is 37.1 Å². The maximum atomic E-state index is 4.31. The molecule has 1 rings (SSSR count). The van der Waals surface area contributed by atoms with E-state index >= 15 is 0 Å². The van der Waals surface area contributed by atoms with Crippen molar-refractivity contribution in [1.29, 1.82) is 0 Å². The van der Waals surface area contributed by atoms with Crippen LogP contribution in [0, 0.1) is 5.92 Å². The summed E-state index contributed by atoms with van der Waals surface area (Å²) in [5, 5.41) is 8.43. The summed E-state index contributed by atoms with van der Waals surface area (Å²) in [6, 6.07) is 0. The van der Waals surface area contributed by atoms with Gasteiger partial charge < -0.3 is 0 Å². The van der Waals surface area contributed by atoms with Gasteiger partial charge in [-0.15, -0.1) is 0 Å². The van der Waals surface area contributed by atoms with E-state index in [-0.39, 0.29) is 5.54 Å². The van der Waals surface area contributed by atoms with Gasteiger partial charge in [0.2, 0.25) is 0 Å². The highest BCUT2D eigenvalue weighted by molar-refractivity contribution is 5.18. The summed E-state index contributed by atoms with van der Waals surface area (Å²) in [4.78, 5) is 0. The second kappa shape index (κ2) is 3.21. The third-order valence-electron chi connectivity index (χ3n) is 2.36. The van der Waals surface area contributed by atoms with Gasteiger partial charge in [0, 0.05) is 0 Å². The van der Waals surface area contributed by atoms with Gasteiger partial charge in [-0.25, -0.2) is 0 Å². The molecule has 0 saturated heterocycles. The molecule has 1 heterocycles. The van der Waals surface area contributed by atoms with E-state index in [4.69, 9.17) is 0 Å². The van der Waals surface area contributed by atoms with E-state index in [0.29, 0.717) is 5.92 Å². The van der Waals surface area contributed by atoms with Crippen LogP contribution < -0.4 is 0 Å². The molecule has 2 nitrogen and oxygen atoms in total. The van der Waals surface area contributed by atoms with Crippen molar-refractivity contribution in [3.05, 3.63) is 23.9 Å². The average Bonchev–Trinajstić information content (AvgIpc) is 2.15. The molecule has 0 aromatic heterocycles. The summed E-state index contributed by atoms with van der Waals surface area (Å²) in [5.41, 5.74) is 0.837. The van der Waals surface area contributed by atoms with Gasteiger partial charge >= 0.3 is 0 Å². The lowest BCUT2D eigenvalue weighted by Gasteiger charge is -2.23. The van der Waals surface area contributed by atoms with Crippen LogP contribution in [-0.4, -0.2) is 5.54 Å². The lowest BCUT2D eigenvalue weighted by molar-refractivity contribution is 0.405. The first-order chi connectivity index (χ1) is 5.54. The van der Waals surface area contributed by atoms with E-state index in [9.17, 15) is 0 Å². The Morgan fingerprint density at radius 3 is 2.67 bits per heavy atom. The van der Waals surface area contributed by atoms with Gasteiger partial charge in [0.05, 0.1) is 11.2 Å². The Balaban J connectivity index is 2.92. The molecule has 0 aromatic rings. The van der Waals surface area contributed by atoms with E-state index in [1.165, 1.54) is 0 Å². The molecule has 1 unspecified atom stereocenters. The Bertz CT molecular complexity index is 249. The van der Waals surface area contributed by atoms with Gasteiger partial charge in [-0.1, -0.05) is 26.0 Å². The zero-order valence-corrected chi connectivity index (χ0v) is 8.20. The Hall–Kier alpha value is -0.920. The molecular weight excluding hydrogens is 148 g/mol. The second-order valence-electron chi connectivity index (χ2n) is 3.75. The number of hydrogen-bond donors (Lipinski definition) is 0. The molecule has 1 atom stereocenters. The molecule has 2 heteroatoms. The van der Waals surface area contributed by atoms with Crippen LogP contribution in [0.15, 0.2) is 34.2 Å². The van der Waals surface area contributed by atoms with Crippen LogP contribution in [0.3, 0.4) is 0 Å². The summed E-state index contributed by atoms with van der Waals surface area (Å²) in [6.07, 6.45) is 6.13.